The van der Waals surface area contributed by atoms with Crippen LogP contribution >= 0.6 is 22.7 Å². The molecule has 17 heavy (non-hydrogen) atoms. The number of hydrogen-bond acceptors (Lipinski definition) is 4. The van der Waals surface area contributed by atoms with Gasteiger partial charge in [-0.15, -0.1) is 11.3 Å². The summed E-state index contributed by atoms with van der Waals surface area (Å²) in [7, 11) is 0. The van der Waals surface area contributed by atoms with Gasteiger partial charge in [-0.2, -0.15) is 11.3 Å². The fraction of sp³-hybridized carbons (Fsp3) is 0.462. The normalized spacial score (nSPS) is 12.8. The molecule has 0 saturated carbocycles. The van der Waals surface area contributed by atoms with Crippen LogP contribution < -0.4 is 5.32 Å². The van der Waals surface area contributed by atoms with Crippen molar-refractivity contribution in [2.24, 2.45) is 0 Å². The van der Waals surface area contributed by atoms with Gasteiger partial charge in [0.1, 0.15) is 0 Å². The molecule has 0 radical (unpaired) electrons. The Hall–Kier alpha value is -0.710. The van der Waals surface area contributed by atoms with E-state index in [1.54, 1.807) is 22.7 Å². The lowest BCUT2D eigenvalue weighted by Crippen LogP contribution is -2.20. The molecule has 2 rings (SSSR count). The minimum atomic E-state index is 0.450. The molecule has 1 N–H and O–H groups in total. The van der Waals surface area contributed by atoms with Gasteiger partial charge in [-0.1, -0.05) is 6.92 Å². The summed E-state index contributed by atoms with van der Waals surface area (Å²) in [5.41, 5.74) is 1.44. The zero-order valence-corrected chi connectivity index (χ0v) is 11.9. The molecule has 1 atom stereocenters. The largest absolute Gasteiger partial charge is 0.309 e. The Morgan fingerprint density at radius 2 is 2.35 bits per heavy atom. The SMILES string of the molecule is CCNC(CCc1ccsc1)c1cnc(C)s1. The van der Waals surface area contributed by atoms with Gasteiger partial charge < -0.3 is 5.32 Å². The van der Waals surface area contributed by atoms with Gasteiger partial charge in [-0.3, -0.25) is 0 Å². The number of aromatic nitrogens is 1. The number of nitrogens with one attached hydrogen (secondary N) is 1. The summed E-state index contributed by atoms with van der Waals surface area (Å²) in [6.07, 6.45) is 4.30. The molecule has 1 unspecified atom stereocenters. The van der Waals surface area contributed by atoms with Crippen LogP contribution in [0.4, 0.5) is 0 Å². The van der Waals surface area contributed by atoms with E-state index in [1.807, 2.05) is 6.20 Å². The van der Waals surface area contributed by atoms with Crippen LogP contribution in [0.1, 0.15) is 34.8 Å². The highest BCUT2D eigenvalue weighted by Gasteiger charge is 2.13. The summed E-state index contributed by atoms with van der Waals surface area (Å²) in [5, 5.41) is 9.08. The first kappa shape index (κ1) is 12.7. The Kier molecular flexibility index (Phi) is 4.71. The first-order chi connectivity index (χ1) is 8.29. The Balaban J connectivity index is 1.97. The Morgan fingerprint density at radius 1 is 1.47 bits per heavy atom. The van der Waals surface area contributed by atoms with Crippen molar-refractivity contribution < 1.29 is 0 Å². The standard InChI is InChI=1S/C13H18N2S2/c1-3-14-12(13-8-15-10(2)17-13)5-4-11-6-7-16-9-11/h6-9,12,14H,3-5H2,1-2H3. The third-order valence-electron chi connectivity index (χ3n) is 2.73. The molecule has 0 bridgehead atoms. The Labute approximate surface area is 111 Å². The number of thiazole rings is 1. The lowest BCUT2D eigenvalue weighted by molar-refractivity contribution is 0.522. The minimum absolute atomic E-state index is 0.450. The van der Waals surface area contributed by atoms with Gasteiger partial charge in [0.05, 0.1) is 5.01 Å². The van der Waals surface area contributed by atoms with E-state index in [0.717, 1.165) is 24.4 Å². The molecule has 0 aromatic carbocycles. The fourth-order valence-corrected chi connectivity index (χ4v) is 3.47. The third kappa shape index (κ3) is 3.63. The molecule has 0 aliphatic rings. The van der Waals surface area contributed by atoms with Crippen molar-refractivity contribution in [3.8, 4) is 0 Å². The van der Waals surface area contributed by atoms with Gasteiger partial charge in [-0.25, -0.2) is 4.98 Å². The van der Waals surface area contributed by atoms with Crippen LogP contribution in [0.5, 0.6) is 0 Å². The van der Waals surface area contributed by atoms with Crippen LogP contribution in [0.3, 0.4) is 0 Å². The number of thiophene rings is 1. The quantitative estimate of drug-likeness (QED) is 0.860. The van der Waals surface area contributed by atoms with E-state index in [1.165, 1.54) is 10.4 Å². The van der Waals surface area contributed by atoms with Gasteiger partial charge in [0.2, 0.25) is 0 Å². The number of hydrogen-bond donors (Lipinski definition) is 1. The van der Waals surface area contributed by atoms with Crippen LogP contribution in [0.15, 0.2) is 23.0 Å². The van der Waals surface area contributed by atoms with Crippen LogP contribution in [0.2, 0.25) is 0 Å². The van der Waals surface area contributed by atoms with E-state index in [9.17, 15) is 0 Å². The number of nitrogens with zero attached hydrogens (tertiary/aromatic N) is 1. The van der Waals surface area contributed by atoms with E-state index in [-0.39, 0.29) is 0 Å². The lowest BCUT2D eigenvalue weighted by atomic mass is 10.1. The third-order valence-corrected chi connectivity index (χ3v) is 4.49. The van der Waals surface area contributed by atoms with Gasteiger partial charge in [0.25, 0.3) is 0 Å². The molecule has 2 aromatic heterocycles. The van der Waals surface area contributed by atoms with Gasteiger partial charge in [-0.05, 0) is 48.7 Å². The second-order valence-electron chi connectivity index (χ2n) is 4.06. The van der Waals surface area contributed by atoms with Gasteiger partial charge in [0.15, 0.2) is 0 Å². The molecule has 0 spiro atoms. The molecule has 0 amide bonds. The van der Waals surface area contributed by atoms with Gasteiger partial charge in [0, 0.05) is 17.1 Å². The minimum Gasteiger partial charge on any atom is -0.309 e. The molecule has 4 heteroatoms. The molecule has 0 fully saturated rings. The van der Waals surface area contributed by atoms with Crippen molar-refractivity contribution in [3.63, 3.8) is 0 Å². The molecule has 2 heterocycles. The molecule has 2 nitrogen and oxygen atoms in total. The predicted octanol–water partition coefficient (Wildman–Crippen LogP) is 3.80. The average Bonchev–Trinajstić information content (AvgIpc) is 2.95. The first-order valence-corrected chi connectivity index (χ1v) is 7.72. The summed E-state index contributed by atoms with van der Waals surface area (Å²) in [5.74, 6) is 0. The summed E-state index contributed by atoms with van der Waals surface area (Å²) in [4.78, 5) is 5.71. The molecular formula is C13H18N2S2. The highest BCUT2D eigenvalue weighted by atomic mass is 32.1. The van der Waals surface area contributed by atoms with Crippen molar-refractivity contribution in [1.82, 2.24) is 10.3 Å². The summed E-state index contributed by atoms with van der Waals surface area (Å²) in [6.45, 7) is 5.23. The maximum Gasteiger partial charge on any atom is 0.0897 e. The topological polar surface area (TPSA) is 24.9 Å². The zero-order valence-electron chi connectivity index (χ0n) is 10.3. The van der Waals surface area contributed by atoms with Crippen LogP contribution in [-0.2, 0) is 6.42 Å². The van der Waals surface area contributed by atoms with Crippen molar-refractivity contribution in [2.75, 3.05) is 6.54 Å². The maximum atomic E-state index is 4.35. The molecule has 0 aliphatic heterocycles. The van der Waals surface area contributed by atoms with E-state index in [2.05, 4.69) is 41.0 Å². The average molecular weight is 266 g/mol. The molecular weight excluding hydrogens is 248 g/mol. The smallest absolute Gasteiger partial charge is 0.0897 e. The van der Waals surface area contributed by atoms with E-state index in [0.29, 0.717) is 6.04 Å². The lowest BCUT2D eigenvalue weighted by Gasteiger charge is -2.15. The van der Waals surface area contributed by atoms with Crippen LogP contribution in [0, 0.1) is 6.92 Å². The molecule has 92 valence electrons. The highest BCUT2D eigenvalue weighted by Crippen LogP contribution is 2.25. The van der Waals surface area contributed by atoms with Crippen molar-refractivity contribution in [3.05, 3.63) is 38.5 Å². The molecule has 0 aliphatic carbocycles. The second-order valence-corrected chi connectivity index (χ2v) is 6.11. The van der Waals surface area contributed by atoms with Crippen molar-refractivity contribution in [2.45, 2.75) is 32.7 Å². The summed E-state index contributed by atoms with van der Waals surface area (Å²) < 4.78 is 0. The monoisotopic (exact) mass is 266 g/mol. The van der Waals surface area contributed by atoms with Gasteiger partial charge >= 0.3 is 0 Å². The molecule has 2 aromatic rings. The zero-order chi connectivity index (χ0) is 12.1. The summed E-state index contributed by atoms with van der Waals surface area (Å²) >= 11 is 3.58. The summed E-state index contributed by atoms with van der Waals surface area (Å²) in [6, 6.07) is 2.66. The van der Waals surface area contributed by atoms with Crippen LogP contribution in [0.25, 0.3) is 0 Å². The predicted molar refractivity (Wildman–Crippen MR) is 75.9 cm³/mol. The Morgan fingerprint density at radius 3 is 2.94 bits per heavy atom. The Bertz CT molecular complexity index is 434. The van der Waals surface area contributed by atoms with E-state index < -0.39 is 0 Å². The highest BCUT2D eigenvalue weighted by molar-refractivity contribution is 7.11. The maximum absolute atomic E-state index is 4.35. The number of rotatable bonds is 6. The molecule has 0 saturated heterocycles. The second kappa shape index (κ2) is 6.28. The van der Waals surface area contributed by atoms with E-state index >= 15 is 0 Å². The van der Waals surface area contributed by atoms with Crippen molar-refractivity contribution in [1.29, 1.82) is 0 Å². The van der Waals surface area contributed by atoms with Crippen molar-refractivity contribution >= 4 is 22.7 Å². The van der Waals surface area contributed by atoms with E-state index in [4.69, 9.17) is 0 Å². The number of aryl methyl sites for hydroxylation is 2. The fourth-order valence-electron chi connectivity index (χ4n) is 1.88. The van der Waals surface area contributed by atoms with Crippen LogP contribution in [-0.4, -0.2) is 11.5 Å². The first-order valence-electron chi connectivity index (χ1n) is 5.96.